The molecule has 19 nitrogen and oxygen atoms in total. The highest BCUT2D eigenvalue weighted by Gasteiger charge is 2.42. The molecule has 2 aliphatic heterocycles. The van der Waals surface area contributed by atoms with Gasteiger partial charge in [0.05, 0.1) is 25.9 Å². The number of rotatable bonds is 29. The number of hydrogen-bond acceptors (Lipinski definition) is 12. The molecule has 19 heteroatoms. The molecule has 6 unspecified atom stereocenters. The van der Waals surface area contributed by atoms with Crippen LogP contribution < -0.4 is 36.6 Å². The van der Waals surface area contributed by atoms with Gasteiger partial charge in [0, 0.05) is 32.3 Å². The Morgan fingerprint density at radius 1 is 0.688 bits per heavy atom. The summed E-state index contributed by atoms with van der Waals surface area (Å²) in [4.78, 5) is 100.0. The number of nitrogens with one attached hydrogen (secondary N) is 6. The summed E-state index contributed by atoms with van der Waals surface area (Å²) in [6, 6.07) is 24.6. The maximum atomic E-state index is 14.3. The van der Waals surface area contributed by atoms with Crippen molar-refractivity contribution >= 4 is 41.4 Å². The third-order valence-corrected chi connectivity index (χ3v) is 14.7. The molecular weight excluding hydrogens is 1020 g/mol. The molecule has 8 atom stereocenters. The van der Waals surface area contributed by atoms with E-state index in [1.807, 2.05) is 67.6 Å². The van der Waals surface area contributed by atoms with E-state index in [-0.39, 0.29) is 44.0 Å². The van der Waals surface area contributed by atoms with Crippen LogP contribution in [0.25, 0.3) is 22.3 Å². The van der Waals surface area contributed by atoms with Gasteiger partial charge in [0.2, 0.25) is 35.4 Å². The van der Waals surface area contributed by atoms with Crippen molar-refractivity contribution in [3.63, 3.8) is 0 Å². The first-order valence-electron chi connectivity index (χ1n) is 28.2. The van der Waals surface area contributed by atoms with E-state index < -0.39 is 90.4 Å². The van der Waals surface area contributed by atoms with Crippen molar-refractivity contribution in [1.82, 2.24) is 41.7 Å². The smallest absolute Gasteiger partial charge is 0.251 e. The molecular formula is C61H82N8O11. The van der Waals surface area contributed by atoms with Gasteiger partial charge < -0.3 is 56.1 Å². The van der Waals surface area contributed by atoms with E-state index in [1.54, 1.807) is 38.1 Å². The van der Waals surface area contributed by atoms with Gasteiger partial charge in [-0.25, -0.2) is 0 Å². The van der Waals surface area contributed by atoms with Gasteiger partial charge in [-0.3, -0.25) is 38.9 Å². The topological polar surface area (TPSA) is 257 Å². The van der Waals surface area contributed by atoms with E-state index in [9.17, 15) is 43.8 Å². The number of carbonyl (C=O) groups excluding carboxylic acids is 7. The van der Waals surface area contributed by atoms with Crippen LogP contribution in [0.2, 0.25) is 0 Å². The lowest BCUT2D eigenvalue weighted by molar-refractivity contribution is -0.143. The van der Waals surface area contributed by atoms with Crippen molar-refractivity contribution in [2.45, 2.75) is 141 Å². The third kappa shape index (κ3) is 17.6. The minimum Gasteiger partial charge on any atom is -0.508 e. The summed E-state index contributed by atoms with van der Waals surface area (Å²) >= 11 is 0. The largest absolute Gasteiger partial charge is 0.508 e. The van der Waals surface area contributed by atoms with Crippen molar-refractivity contribution in [3.05, 3.63) is 108 Å². The van der Waals surface area contributed by atoms with Crippen LogP contribution >= 0.6 is 0 Å². The molecule has 8 N–H and O–H groups in total. The minimum atomic E-state index is -1.17. The number of phenols is 1. The lowest BCUT2D eigenvalue weighted by atomic mass is 9.99. The highest BCUT2D eigenvalue weighted by atomic mass is 16.5. The summed E-state index contributed by atoms with van der Waals surface area (Å²) in [7, 11) is 1.54. The van der Waals surface area contributed by atoms with Crippen LogP contribution in [-0.2, 0) is 39.9 Å². The second-order valence-corrected chi connectivity index (χ2v) is 20.9. The monoisotopic (exact) mass is 1100 g/mol. The molecule has 0 aromatic heterocycles. The van der Waals surface area contributed by atoms with Gasteiger partial charge in [-0.15, -0.1) is 0 Å². The Kier molecular flexibility index (Phi) is 23.9. The second kappa shape index (κ2) is 30.9. The van der Waals surface area contributed by atoms with Crippen LogP contribution in [0.4, 0.5) is 0 Å². The Hall–Kier alpha value is -7.35. The highest BCUT2D eigenvalue weighted by Crippen LogP contribution is 2.28. The molecule has 2 heterocycles. The van der Waals surface area contributed by atoms with Crippen molar-refractivity contribution in [3.8, 4) is 33.8 Å². The summed E-state index contributed by atoms with van der Waals surface area (Å²) in [6.07, 6.45) is 3.49. The van der Waals surface area contributed by atoms with E-state index in [2.05, 4.69) is 38.8 Å². The van der Waals surface area contributed by atoms with E-state index >= 15 is 0 Å². The summed E-state index contributed by atoms with van der Waals surface area (Å²) in [5, 5.41) is 37.2. The lowest BCUT2D eigenvalue weighted by Crippen LogP contribution is -2.60. The molecule has 4 aromatic carbocycles. The lowest BCUT2D eigenvalue weighted by Gasteiger charge is -2.32. The SMILES string of the molecule is CCCCCOc1ccc(-c2ccc(-c3ccc(C(=O)NCC(=O)NC(CC)C(=O)N4CCCC4C(=O)NC(CCc4ccc(O)cc4)C(=O)NC(CC)C(=O)N4C[C@H](C)CC4C(=O)NC(NCCOC)[C@@H](C)O)cc3)cc2)cc1. The number of aromatic hydroxyl groups is 1. The van der Waals surface area contributed by atoms with Crippen molar-refractivity contribution in [2.75, 3.05) is 46.5 Å². The fraction of sp³-hybridized carbons (Fsp3) is 0.492. The van der Waals surface area contributed by atoms with Gasteiger partial charge in [0.1, 0.15) is 47.9 Å². The number of benzene rings is 4. The number of methoxy groups -OCH3 is 1. The van der Waals surface area contributed by atoms with Crippen LogP contribution in [0.5, 0.6) is 11.5 Å². The molecule has 432 valence electrons. The zero-order chi connectivity index (χ0) is 57.7. The van der Waals surface area contributed by atoms with Crippen LogP contribution in [-0.4, -0.2) is 150 Å². The molecule has 80 heavy (non-hydrogen) atoms. The third-order valence-electron chi connectivity index (χ3n) is 14.7. The number of hydrogen-bond donors (Lipinski definition) is 8. The average molecular weight is 1100 g/mol. The van der Waals surface area contributed by atoms with Crippen LogP contribution in [0.3, 0.4) is 0 Å². The molecule has 4 aromatic rings. The molecule has 2 aliphatic rings. The van der Waals surface area contributed by atoms with E-state index in [4.69, 9.17) is 9.47 Å². The Balaban J connectivity index is 1.03. The molecule has 0 bridgehead atoms. The molecule has 0 aliphatic carbocycles. The zero-order valence-electron chi connectivity index (χ0n) is 47.1. The number of aliphatic hydroxyl groups excluding tert-OH is 1. The first-order chi connectivity index (χ1) is 38.5. The first-order valence-corrected chi connectivity index (χ1v) is 28.2. The maximum absolute atomic E-state index is 14.3. The van der Waals surface area contributed by atoms with Crippen LogP contribution in [0.1, 0.15) is 108 Å². The summed E-state index contributed by atoms with van der Waals surface area (Å²) in [6.45, 7) is 10.6. The number of amides is 7. The van der Waals surface area contributed by atoms with Gasteiger partial charge in [0.25, 0.3) is 5.91 Å². The average Bonchev–Trinajstić information content (AvgIpc) is 4.13. The second-order valence-electron chi connectivity index (χ2n) is 20.9. The van der Waals surface area contributed by atoms with Gasteiger partial charge in [0.15, 0.2) is 0 Å². The van der Waals surface area contributed by atoms with Crippen LogP contribution in [0.15, 0.2) is 97.1 Å². The van der Waals surface area contributed by atoms with Crippen LogP contribution in [0, 0.1) is 5.92 Å². The molecule has 6 rings (SSSR count). The van der Waals surface area contributed by atoms with Gasteiger partial charge in [-0.05, 0) is 128 Å². The number of carbonyl (C=O) groups is 7. The standard InChI is InChI=1S/C61H82N8O11/c1-7-10-11-34-80-48-29-25-45(26-30-48)43-19-17-42(18-20-43)44-21-23-46(24-22-44)56(73)63-37-54(72)64-49(8-2)60(77)68-33-12-13-52(68)58(75)66-51(31-16-41-14-27-47(71)28-15-41)57(74)65-50(9-3)61(78)69-38-39(4)36-53(69)59(76)67-55(40(5)70)62-32-35-79-6/h14-15,17-30,39-40,49-53,55,62,70-71H,7-13,16,31-38H2,1-6H3,(H,63,73)(H,64,72)(H,65,74)(H,66,75)(H,67,76)/t39-,40-,49?,50?,51?,52?,53?,55?/m1/s1. The summed E-state index contributed by atoms with van der Waals surface area (Å²) in [5.74, 6) is -2.82. The summed E-state index contributed by atoms with van der Waals surface area (Å²) in [5.41, 5.74) is 5.13. The molecule has 2 fully saturated rings. The summed E-state index contributed by atoms with van der Waals surface area (Å²) < 4.78 is 10.9. The maximum Gasteiger partial charge on any atom is 0.251 e. The fourth-order valence-electron chi connectivity index (χ4n) is 10.1. The Bertz CT molecular complexity index is 2670. The van der Waals surface area contributed by atoms with E-state index in [1.165, 1.54) is 36.0 Å². The molecule has 0 radical (unpaired) electrons. The number of ether oxygens (including phenoxy) is 2. The molecule has 0 spiro atoms. The number of phenolic OH excluding ortho intramolecular Hbond substituents is 1. The number of unbranched alkanes of at least 4 members (excludes halogenated alkanes) is 2. The Morgan fingerprint density at radius 2 is 1.27 bits per heavy atom. The normalized spacial score (nSPS) is 17.8. The van der Waals surface area contributed by atoms with E-state index in [0.717, 1.165) is 52.8 Å². The predicted octanol–water partition coefficient (Wildman–Crippen LogP) is 5.22. The Morgan fingerprint density at radius 3 is 1.88 bits per heavy atom. The minimum absolute atomic E-state index is 0.0348. The fourth-order valence-corrected chi connectivity index (χ4v) is 10.1. The highest BCUT2D eigenvalue weighted by molar-refractivity contribution is 5.99. The van der Waals surface area contributed by atoms with Crippen molar-refractivity contribution in [2.24, 2.45) is 5.92 Å². The quantitative estimate of drug-likeness (QED) is 0.0257. The van der Waals surface area contributed by atoms with Gasteiger partial charge in [-0.2, -0.15) is 0 Å². The molecule has 0 saturated carbocycles. The number of nitrogens with zero attached hydrogens (tertiary/aromatic N) is 2. The van der Waals surface area contributed by atoms with Gasteiger partial charge in [-0.1, -0.05) is 101 Å². The zero-order valence-corrected chi connectivity index (χ0v) is 47.1. The van der Waals surface area contributed by atoms with Crippen molar-refractivity contribution < 1.29 is 53.2 Å². The number of aliphatic hydroxyl groups is 1. The predicted molar refractivity (Wildman–Crippen MR) is 305 cm³/mol. The Labute approximate surface area is 470 Å². The molecule has 7 amide bonds. The van der Waals surface area contributed by atoms with E-state index in [0.29, 0.717) is 51.0 Å². The van der Waals surface area contributed by atoms with Crippen molar-refractivity contribution in [1.29, 1.82) is 0 Å². The number of aryl methyl sites for hydroxylation is 1. The number of likely N-dealkylation sites (tertiary alicyclic amines) is 2. The van der Waals surface area contributed by atoms with Gasteiger partial charge >= 0.3 is 0 Å². The molecule has 2 saturated heterocycles. The first kappa shape index (κ1) is 61.9.